The van der Waals surface area contributed by atoms with E-state index in [9.17, 15) is 9.59 Å². The summed E-state index contributed by atoms with van der Waals surface area (Å²) >= 11 is 0. The van der Waals surface area contributed by atoms with Gasteiger partial charge in [-0.15, -0.1) is 0 Å². The average molecular weight is 317 g/mol. The molecule has 0 saturated carbocycles. The van der Waals surface area contributed by atoms with Gasteiger partial charge in [-0.3, -0.25) is 9.59 Å². The van der Waals surface area contributed by atoms with Crippen molar-refractivity contribution in [3.8, 4) is 0 Å². The molecule has 0 spiro atoms. The Bertz CT molecular complexity index is 275. The van der Waals surface area contributed by atoms with Gasteiger partial charge in [0.15, 0.2) is 0 Å². The Morgan fingerprint density at radius 2 is 1.10 bits per heavy atom. The van der Waals surface area contributed by atoms with Crippen molar-refractivity contribution in [2.75, 3.05) is 13.2 Å². The summed E-state index contributed by atoms with van der Waals surface area (Å²) in [6, 6.07) is 1.32. The normalized spacial score (nSPS) is 11.2. The van der Waals surface area contributed by atoms with E-state index in [2.05, 4.69) is 13.8 Å². The maximum Gasteiger partial charge on any atom is 0.311 e. The molecule has 0 unspecified atom stereocenters. The highest BCUT2D eigenvalue weighted by molar-refractivity contribution is 7.23. The van der Waals surface area contributed by atoms with Gasteiger partial charge in [-0.05, 0) is 24.9 Å². The molecule has 0 fully saturated rings. The second kappa shape index (κ2) is 11.8. The summed E-state index contributed by atoms with van der Waals surface area (Å²) in [4.78, 5) is 25.2. The van der Waals surface area contributed by atoms with Gasteiger partial charge in [-0.1, -0.05) is 53.4 Å². The van der Waals surface area contributed by atoms with Crippen LogP contribution in [0.4, 0.5) is 9.59 Å². The minimum atomic E-state index is -2.84. The first-order valence-corrected chi connectivity index (χ1v) is 10.8. The minimum absolute atomic E-state index is 0.257. The Balaban J connectivity index is 5.17. The number of hydrogen-bond donors (Lipinski definition) is 0. The Kier molecular flexibility index (Phi) is 11.3. The van der Waals surface area contributed by atoms with Crippen LogP contribution in [0.3, 0.4) is 0 Å². The molecule has 0 aromatic carbocycles. The van der Waals surface area contributed by atoms with Crippen molar-refractivity contribution in [2.45, 2.75) is 78.3 Å². The highest BCUT2D eigenvalue weighted by atomic mass is 28.3. The standard InChI is InChI=1S/C16H32O4Si/c1-5-9-13-21(14-10-6-2,15(17)19-11-7-3)16(18)20-12-8-4/h5-14H2,1-4H3. The van der Waals surface area contributed by atoms with Crippen LogP contribution in [-0.4, -0.2) is 32.5 Å². The van der Waals surface area contributed by atoms with Gasteiger partial charge in [0.1, 0.15) is 0 Å². The molecule has 0 rings (SSSR count). The topological polar surface area (TPSA) is 52.6 Å². The smallest absolute Gasteiger partial charge is 0.311 e. The highest BCUT2D eigenvalue weighted by Gasteiger charge is 2.51. The fourth-order valence-electron chi connectivity index (χ4n) is 2.24. The van der Waals surface area contributed by atoms with E-state index in [1.54, 1.807) is 0 Å². The Hall–Kier alpha value is -0.843. The van der Waals surface area contributed by atoms with Crippen LogP contribution in [0.25, 0.3) is 0 Å². The molecule has 0 atom stereocenters. The first-order chi connectivity index (χ1) is 10.1. The molecule has 0 bridgehead atoms. The van der Waals surface area contributed by atoms with Crippen LogP contribution in [0.2, 0.25) is 12.1 Å². The van der Waals surface area contributed by atoms with E-state index in [1.807, 2.05) is 13.8 Å². The quantitative estimate of drug-likeness (QED) is 0.459. The third-order valence-corrected chi connectivity index (χ3v) is 7.84. The van der Waals surface area contributed by atoms with E-state index < -0.39 is 8.07 Å². The molecule has 0 amide bonds. The number of carbonyl (C=O) groups excluding carboxylic acids is 2. The van der Waals surface area contributed by atoms with Crippen molar-refractivity contribution in [1.29, 1.82) is 0 Å². The van der Waals surface area contributed by atoms with Crippen molar-refractivity contribution >= 4 is 19.3 Å². The third kappa shape index (κ3) is 6.63. The van der Waals surface area contributed by atoms with Crippen LogP contribution >= 0.6 is 0 Å². The number of unbranched alkanes of at least 4 members (excludes halogenated alkanes) is 2. The zero-order chi connectivity index (χ0) is 16.1. The molecule has 0 radical (unpaired) electrons. The zero-order valence-corrected chi connectivity index (χ0v) is 15.2. The van der Waals surface area contributed by atoms with Gasteiger partial charge in [0.25, 0.3) is 11.2 Å². The van der Waals surface area contributed by atoms with Gasteiger partial charge >= 0.3 is 8.07 Å². The molecule has 0 aliphatic rings. The lowest BCUT2D eigenvalue weighted by Crippen LogP contribution is -2.53. The molecule has 0 aromatic rings. The van der Waals surface area contributed by atoms with Crippen molar-refractivity contribution < 1.29 is 19.1 Å². The predicted molar refractivity (Wildman–Crippen MR) is 88.5 cm³/mol. The van der Waals surface area contributed by atoms with Crippen LogP contribution in [-0.2, 0) is 9.47 Å². The summed E-state index contributed by atoms with van der Waals surface area (Å²) in [5.74, 6) is 0. The van der Waals surface area contributed by atoms with Crippen LogP contribution in [0.1, 0.15) is 66.2 Å². The molecule has 5 heteroatoms. The number of carbonyl (C=O) groups is 2. The number of hydrogen-bond acceptors (Lipinski definition) is 4. The predicted octanol–water partition coefficient (Wildman–Crippen LogP) is 5.29. The van der Waals surface area contributed by atoms with E-state index in [0.717, 1.165) is 38.5 Å². The minimum Gasteiger partial charge on any atom is -0.470 e. The van der Waals surface area contributed by atoms with Gasteiger partial charge in [-0.25, -0.2) is 0 Å². The van der Waals surface area contributed by atoms with Crippen LogP contribution in [0.15, 0.2) is 0 Å². The number of rotatable bonds is 12. The molecule has 0 aliphatic heterocycles. The monoisotopic (exact) mass is 316 g/mol. The summed E-state index contributed by atoms with van der Waals surface area (Å²) in [6.07, 6.45) is 5.28. The van der Waals surface area contributed by atoms with Crippen LogP contribution in [0, 0.1) is 0 Å². The fraction of sp³-hybridized carbons (Fsp3) is 0.875. The van der Waals surface area contributed by atoms with Crippen molar-refractivity contribution in [3.05, 3.63) is 0 Å². The molecule has 4 nitrogen and oxygen atoms in total. The molecule has 0 aromatic heterocycles. The maximum atomic E-state index is 12.6. The molecule has 0 N–H and O–H groups in total. The van der Waals surface area contributed by atoms with Crippen LogP contribution in [0.5, 0.6) is 0 Å². The van der Waals surface area contributed by atoms with Gasteiger partial charge < -0.3 is 9.47 Å². The summed E-state index contributed by atoms with van der Waals surface area (Å²) in [5, 5.41) is 0. The number of ether oxygens (including phenoxy) is 2. The maximum absolute atomic E-state index is 12.6. The molecule has 0 heterocycles. The lowest BCUT2D eigenvalue weighted by molar-refractivity contribution is 0.160. The summed E-state index contributed by atoms with van der Waals surface area (Å²) in [7, 11) is -2.84. The Labute approximate surface area is 130 Å². The third-order valence-electron chi connectivity index (χ3n) is 3.57. The second-order valence-electron chi connectivity index (χ2n) is 5.56. The zero-order valence-electron chi connectivity index (χ0n) is 14.2. The van der Waals surface area contributed by atoms with E-state index in [0.29, 0.717) is 25.3 Å². The van der Waals surface area contributed by atoms with Crippen molar-refractivity contribution in [2.24, 2.45) is 0 Å². The SMILES string of the molecule is CCCC[Si](CCCC)(C(=O)OCCC)C(=O)OCCC. The first-order valence-electron chi connectivity index (χ1n) is 8.43. The molecular weight excluding hydrogens is 284 g/mol. The Morgan fingerprint density at radius 3 is 1.38 bits per heavy atom. The summed E-state index contributed by atoms with van der Waals surface area (Å²) in [6.45, 7) is 8.87. The molecule has 124 valence electrons. The van der Waals surface area contributed by atoms with Crippen molar-refractivity contribution in [3.63, 3.8) is 0 Å². The molecular formula is C16H32O4Si. The summed E-state index contributed by atoms with van der Waals surface area (Å²) in [5.41, 5.74) is -0.514. The van der Waals surface area contributed by atoms with Crippen LogP contribution < -0.4 is 0 Å². The van der Waals surface area contributed by atoms with E-state index in [1.165, 1.54) is 0 Å². The Morgan fingerprint density at radius 1 is 0.714 bits per heavy atom. The largest absolute Gasteiger partial charge is 0.470 e. The lowest BCUT2D eigenvalue weighted by Gasteiger charge is -2.26. The molecule has 21 heavy (non-hydrogen) atoms. The second-order valence-corrected chi connectivity index (χ2v) is 9.54. The molecule has 0 saturated heterocycles. The highest BCUT2D eigenvalue weighted by Crippen LogP contribution is 2.27. The lowest BCUT2D eigenvalue weighted by atomic mass is 10.4. The van der Waals surface area contributed by atoms with Gasteiger partial charge in [0.2, 0.25) is 0 Å². The van der Waals surface area contributed by atoms with E-state index in [4.69, 9.17) is 9.47 Å². The fourth-order valence-corrected chi connectivity index (χ4v) is 6.14. The van der Waals surface area contributed by atoms with E-state index >= 15 is 0 Å². The summed E-state index contributed by atoms with van der Waals surface area (Å²) < 4.78 is 10.7. The van der Waals surface area contributed by atoms with Gasteiger partial charge in [0, 0.05) is 0 Å². The first kappa shape index (κ1) is 20.2. The average Bonchev–Trinajstić information content (AvgIpc) is 2.50. The molecule has 0 aliphatic carbocycles. The van der Waals surface area contributed by atoms with Gasteiger partial charge in [0.05, 0.1) is 13.2 Å². The van der Waals surface area contributed by atoms with Crippen molar-refractivity contribution in [1.82, 2.24) is 0 Å². The van der Waals surface area contributed by atoms with Gasteiger partial charge in [-0.2, -0.15) is 0 Å². The van der Waals surface area contributed by atoms with E-state index in [-0.39, 0.29) is 11.2 Å².